The number of hydrogen-bond acceptors (Lipinski definition) is 6. The molecule has 1 N–H and O–H groups in total. The van der Waals surface area contributed by atoms with Gasteiger partial charge in [-0.2, -0.15) is 0 Å². The van der Waals surface area contributed by atoms with Crippen LogP contribution >= 0.6 is 11.6 Å². The normalized spacial score (nSPS) is 27.6. The number of carbonyl (C=O) groups excluding carboxylic acids is 2. The summed E-state index contributed by atoms with van der Waals surface area (Å²) in [6.45, 7) is 9.14. The number of benzene rings is 2. The fourth-order valence-corrected chi connectivity index (χ4v) is 7.44. The quantitative estimate of drug-likeness (QED) is 0.296. The predicted molar refractivity (Wildman–Crippen MR) is 172 cm³/mol. The van der Waals surface area contributed by atoms with Gasteiger partial charge >= 0.3 is 0 Å². The number of hydrogen-bond donors (Lipinski definition) is 1. The number of halogens is 2. The zero-order valence-electron chi connectivity index (χ0n) is 26.3. The van der Waals surface area contributed by atoms with Crippen molar-refractivity contribution in [3.63, 3.8) is 0 Å². The van der Waals surface area contributed by atoms with Gasteiger partial charge in [0.15, 0.2) is 0 Å². The van der Waals surface area contributed by atoms with Gasteiger partial charge in [0, 0.05) is 31.1 Å². The van der Waals surface area contributed by atoms with Crippen LogP contribution in [0.15, 0.2) is 47.1 Å². The van der Waals surface area contributed by atoms with Gasteiger partial charge in [0.25, 0.3) is 5.91 Å². The van der Waals surface area contributed by atoms with Crippen LogP contribution < -0.4 is 5.32 Å². The first kappa shape index (κ1) is 32.0. The first-order valence-corrected chi connectivity index (χ1v) is 16.6. The van der Waals surface area contributed by atoms with Crippen molar-refractivity contribution in [1.82, 2.24) is 9.80 Å². The number of amides is 2. The summed E-state index contributed by atoms with van der Waals surface area (Å²) in [6.07, 6.45) is 6.95. The number of carbonyl (C=O) groups is 2. The van der Waals surface area contributed by atoms with Crippen LogP contribution in [0.4, 0.5) is 10.1 Å². The highest BCUT2D eigenvalue weighted by molar-refractivity contribution is 6.34. The van der Waals surface area contributed by atoms with Crippen LogP contribution in [-0.4, -0.2) is 78.3 Å². The minimum atomic E-state index is -0.601. The Labute approximate surface area is 269 Å². The van der Waals surface area contributed by atoms with Crippen LogP contribution in [0.5, 0.6) is 0 Å². The van der Waals surface area contributed by atoms with E-state index in [1.54, 1.807) is 12.1 Å². The number of likely N-dealkylation sites (tertiary alicyclic amines) is 1. The topological polar surface area (TPSA) is 84.3 Å². The van der Waals surface area contributed by atoms with Crippen molar-refractivity contribution in [3.8, 4) is 0 Å². The van der Waals surface area contributed by atoms with Crippen molar-refractivity contribution in [3.05, 3.63) is 64.6 Å². The second-order valence-electron chi connectivity index (χ2n) is 13.2. The van der Waals surface area contributed by atoms with Gasteiger partial charge in [-0.15, -0.1) is 0 Å². The van der Waals surface area contributed by atoms with E-state index in [4.69, 9.17) is 25.5 Å². The highest BCUT2D eigenvalue weighted by Crippen LogP contribution is 2.32. The Bertz CT molecular complexity index is 1510. The van der Waals surface area contributed by atoms with Gasteiger partial charge in [-0.25, -0.2) is 4.39 Å². The Kier molecular flexibility index (Phi) is 9.80. The number of nitrogens with one attached hydrogen (secondary N) is 1. The molecule has 242 valence electrons. The fraction of sp³-hybridized carbons (Fsp3) is 0.543. The van der Waals surface area contributed by atoms with Crippen LogP contribution in [-0.2, 0) is 20.7 Å². The van der Waals surface area contributed by atoms with Gasteiger partial charge in [0.05, 0.1) is 53.7 Å². The van der Waals surface area contributed by atoms with Crippen LogP contribution in [0.1, 0.15) is 68.8 Å². The molecule has 4 atom stereocenters. The molecule has 1 aliphatic carbocycles. The van der Waals surface area contributed by atoms with Crippen LogP contribution in [0.25, 0.3) is 11.0 Å². The third-order valence-electron chi connectivity index (χ3n) is 9.62. The molecule has 2 aliphatic heterocycles. The van der Waals surface area contributed by atoms with Crippen molar-refractivity contribution in [1.29, 1.82) is 0 Å². The van der Waals surface area contributed by atoms with Gasteiger partial charge in [-0.1, -0.05) is 36.7 Å². The van der Waals surface area contributed by atoms with Crippen molar-refractivity contribution in [2.24, 2.45) is 5.92 Å². The SMILES string of the molecule is C[C@@H]1CN([C@H]2C[C@@H](CO[C@H]3CC[C@H](C)CC3)N(C(=O)Cc3cc(Cl)c(NC(=O)c4coc5ccccc45)cc3F)C2)C[C@H](C)O1. The van der Waals surface area contributed by atoms with Gasteiger partial charge in [-0.3, -0.25) is 14.5 Å². The van der Waals surface area contributed by atoms with E-state index < -0.39 is 11.7 Å². The molecule has 10 heteroatoms. The summed E-state index contributed by atoms with van der Waals surface area (Å²) < 4.78 is 33.3. The Balaban J connectivity index is 1.14. The molecule has 2 amide bonds. The van der Waals surface area contributed by atoms with Gasteiger partial charge in [0.2, 0.25) is 5.91 Å². The van der Waals surface area contributed by atoms with Crippen LogP contribution in [0, 0.1) is 11.7 Å². The smallest absolute Gasteiger partial charge is 0.259 e. The summed E-state index contributed by atoms with van der Waals surface area (Å²) in [5, 5.41) is 3.49. The summed E-state index contributed by atoms with van der Waals surface area (Å²) in [5.41, 5.74) is 1.22. The van der Waals surface area contributed by atoms with E-state index in [0.717, 1.165) is 38.3 Å². The molecule has 0 radical (unpaired) electrons. The lowest BCUT2D eigenvalue weighted by Gasteiger charge is -2.38. The fourth-order valence-electron chi connectivity index (χ4n) is 7.21. The summed E-state index contributed by atoms with van der Waals surface area (Å²) in [4.78, 5) is 31.1. The Hall–Kier alpha value is -2.98. The number of nitrogens with zero attached hydrogens (tertiary/aromatic N) is 2. The standard InChI is InChI=1S/C35H43ClFN3O5/c1-21-8-10-27(11-9-21)43-19-26-14-25(39-16-22(2)45-23(3)17-39)18-40(26)34(41)13-24-12-30(36)32(15-31(24)37)38-35(42)29-20-44-33-7-5-4-6-28(29)33/h4-7,12,15,20-23,25-27H,8-11,13-14,16-19H2,1-3H3,(H,38,42)/t21-,22-,23+,25-,26-,27-/m0/s1. The number of furan rings is 1. The maximum atomic E-state index is 15.5. The van der Waals surface area contributed by atoms with Crippen LogP contribution in [0.2, 0.25) is 5.02 Å². The molecular weight excluding hydrogens is 597 g/mol. The molecular formula is C35H43ClFN3O5. The lowest BCUT2D eigenvalue weighted by Crippen LogP contribution is -2.51. The molecule has 2 saturated heterocycles. The third kappa shape index (κ3) is 7.38. The van der Waals surface area contributed by atoms with E-state index in [1.165, 1.54) is 31.2 Å². The summed E-state index contributed by atoms with van der Waals surface area (Å²) in [5.74, 6) is -0.489. The van der Waals surface area contributed by atoms with E-state index in [0.29, 0.717) is 29.7 Å². The lowest BCUT2D eigenvalue weighted by atomic mass is 9.89. The average Bonchev–Trinajstić information content (AvgIpc) is 3.64. The average molecular weight is 640 g/mol. The molecule has 6 rings (SSSR count). The zero-order chi connectivity index (χ0) is 31.7. The lowest BCUT2D eigenvalue weighted by molar-refractivity contribution is -0.133. The molecule has 3 aromatic rings. The Morgan fingerprint density at radius 1 is 1.04 bits per heavy atom. The number of morpholine rings is 1. The number of para-hydroxylation sites is 1. The molecule has 3 fully saturated rings. The molecule has 8 nitrogen and oxygen atoms in total. The van der Waals surface area contributed by atoms with Crippen molar-refractivity contribution in [2.75, 3.05) is 31.6 Å². The first-order valence-electron chi connectivity index (χ1n) is 16.2. The largest absolute Gasteiger partial charge is 0.463 e. The van der Waals surface area contributed by atoms with E-state index in [-0.39, 0.29) is 59.0 Å². The number of anilines is 1. The number of ether oxygens (including phenoxy) is 2. The van der Waals surface area contributed by atoms with Crippen molar-refractivity contribution in [2.45, 2.75) is 89.7 Å². The van der Waals surface area contributed by atoms with Gasteiger partial charge in [-0.05, 0) is 75.6 Å². The maximum absolute atomic E-state index is 15.5. The summed E-state index contributed by atoms with van der Waals surface area (Å²) in [7, 11) is 0. The van der Waals surface area contributed by atoms with Crippen molar-refractivity contribution < 1.29 is 27.9 Å². The van der Waals surface area contributed by atoms with Gasteiger partial charge in [0.1, 0.15) is 17.7 Å². The molecule has 3 aliphatic rings. The third-order valence-corrected chi connectivity index (χ3v) is 9.93. The van der Waals surface area contributed by atoms with E-state index in [2.05, 4.69) is 31.0 Å². The van der Waals surface area contributed by atoms with Gasteiger partial charge < -0.3 is 24.1 Å². The minimum Gasteiger partial charge on any atom is -0.463 e. The summed E-state index contributed by atoms with van der Waals surface area (Å²) in [6, 6.07) is 9.89. The molecule has 1 aromatic heterocycles. The van der Waals surface area contributed by atoms with E-state index in [1.807, 2.05) is 17.0 Å². The van der Waals surface area contributed by atoms with Crippen LogP contribution in [0.3, 0.4) is 0 Å². The molecule has 2 aromatic carbocycles. The molecule has 0 bridgehead atoms. The molecule has 3 heterocycles. The molecule has 0 spiro atoms. The monoisotopic (exact) mass is 639 g/mol. The Morgan fingerprint density at radius 2 is 1.78 bits per heavy atom. The molecule has 1 saturated carbocycles. The second-order valence-corrected chi connectivity index (χ2v) is 13.6. The maximum Gasteiger partial charge on any atom is 0.259 e. The summed E-state index contributed by atoms with van der Waals surface area (Å²) >= 11 is 6.53. The second kappa shape index (κ2) is 13.8. The van der Waals surface area contributed by atoms with E-state index >= 15 is 4.39 Å². The highest BCUT2D eigenvalue weighted by atomic mass is 35.5. The molecule has 0 unspecified atom stereocenters. The number of rotatable bonds is 8. The number of fused-ring (bicyclic) bond motifs is 1. The van der Waals surface area contributed by atoms with E-state index in [9.17, 15) is 9.59 Å². The predicted octanol–water partition coefficient (Wildman–Crippen LogP) is 6.69. The van der Waals surface area contributed by atoms with Crippen molar-refractivity contribution >= 4 is 40.1 Å². The zero-order valence-corrected chi connectivity index (χ0v) is 27.0. The first-order chi connectivity index (χ1) is 21.6. The highest BCUT2D eigenvalue weighted by Gasteiger charge is 2.40. The minimum absolute atomic E-state index is 0.0859. The Morgan fingerprint density at radius 3 is 2.53 bits per heavy atom. The molecule has 45 heavy (non-hydrogen) atoms.